The number of aryl methyl sites for hydroxylation is 3. The van der Waals surface area contributed by atoms with Crippen molar-refractivity contribution in [3.8, 4) is 0 Å². The van der Waals surface area contributed by atoms with E-state index in [9.17, 15) is 0 Å². The Morgan fingerprint density at radius 1 is 0.786 bits per heavy atom. The highest BCUT2D eigenvalue weighted by atomic mass is 15.0. The fraction of sp³-hybridized carbons (Fsp3) is 0.423. The number of allylic oxidation sites excluding steroid dienone is 4. The number of pyridine rings is 1. The highest BCUT2D eigenvalue weighted by molar-refractivity contribution is 6.05. The molecule has 0 amide bonds. The third-order valence-electron chi connectivity index (χ3n) is 5.63. The number of hydrogen-bond donors (Lipinski definition) is 0. The predicted molar refractivity (Wildman–Crippen MR) is 123 cm³/mol. The minimum atomic E-state index is 0.935. The van der Waals surface area contributed by atoms with Gasteiger partial charge in [0.25, 0.3) is 0 Å². The average Bonchev–Trinajstić information content (AvgIpc) is 3.40. The summed E-state index contributed by atoms with van der Waals surface area (Å²) < 4.78 is 2.20. The maximum Gasteiger partial charge on any atom is 0.0962 e. The predicted octanol–water partition coefficient (Wildman–Crippen LogP) is 7.29. The van der Waals surface area contributed by atoms with Crippen molar-refractivity contribution >= 4 is 21.9 Å². The van der Waals surface area contributed by atoms with E-state index in [-0.39, 0.29) is 0 Å². The van der Waals surface area contributed by atoms with Crippen LogP contribution in [0.25, 0.3) is 21.9 Å². The van der Waals surface area contributed by atoms with Gasteiger partial charge in [-0.15, -0.1) is 0 Å². The quantitative estimate of drug-likeness (QED) is 0.378. The molecule has 2 aliphatic carbocycles. The molecule has 5 rings (SSSR count). The lowest BCUT2D eigenvalue weighted by molar-refractivity contribution is 0.638. The molecule has 2 heterocycles. The molecule has 148 valence electrons. The maximum atomic E-state index is 4.64. The zero-order valence-electron chi connectivity index (χ0n) is 18.1. The van der Waals surface area contributed by atoms with E-state index in [2.05, 4.69) is 92.0 Å². The van der Waals surface area contributed by atoms with Crippen molar-refractivity contribution in [2.45, 2.75) is 53.4 Å². The van der Waals surface area contributed by atoms with E-state index in [1.165, 1.54) is 47.7 Å². The van der Waals surface area contributed by atoms with Crippen molar-refractivity contribution in [2.24, 2.45) is 18.9 Å². The standard InChI is InChI=1S/C14H14N2.2C6H10/c1-9-4-6-12-11(8-9)14-13(16(12)3)7-5-10(2)15-14;2*1-6-4-2-3-5-6/h4-8H,1-3H3;2*2-3,6H,4-5H2,1H3. The van der Waals surface area contributed by atoms with Crippen molar-refractivity contribution in [1.29, 1.82) is 0 Å². The average molecular weight is 375 g/mol. The Kier molecular flexibility index (Phi) is 6.72. The van der Waals surface area contributed by atoms with Gasteiger partial charge in [-0.3, -0.25) is 4.98 Å². The summed E-state index contributed by atoms with van der Waals surface area (Å²) in [6.45, 7) is 8.71. The number of nitrogens with zero attached hydrogens (tertiary/aromatic N) is 2. The first-order chi connectivity index (χ1) is 13.5. The van der Waals surface area contributed by atoms with Gasteiger partial charge in [-0.05, 0) is 75.6 Å². The second-order valence-corrected chi connectivity index (χ2v) is 8.50. The Labute approximate surface area is 170 Å². The minimum Gasteiger partial charge on any atom is -0.342 e. The van der Waals surface area contributed by atoms with Gasteiger partial charge in [-0.2, -0.15) is 0 Å². The van der Waals surface area contributed by atoms with Crippen LogP contribution in [0.4, 0.5) is 0 Å². The van der Waals surface area contributed by atoms with E-state index in [0.717, 1.165) is 23.0 Å². The second kappa shape index (κ2) is 9.23. The molecule has 0 saturated carbocycles. The van der Waals surface area contributed by atoms with Crippen LogP contribution in [0.2, 0.25) is 0 Å². The normalized spacial score (nSPS) is 16.3. The summed E-state index contributed by atoms with van der Waals surface area (Å²) in [6.07, 6.45) is 14.2. The first-order valence-corrected chi connectivity index (χ1v) is 10.6. The molecule has 0 fully saturated rings. The van der Waals surface area contributed by atoms with Crippen LogP contribution in [0.1, 0.15) is 50.8 Å². The Morgan fingerprint density at radius 3 is 1.82 bits per heavy atom. The molecule has 2 heteroatoms. The number of fused-ring (bicyclic) bond motifs is 3. The Hall–Kier alpha value is -2.35. The second-order valence-electron chi connectivity index (χ2n) is 8.50. The largest absolute Gasteiger partial charge is 0.342 e. The van der Waals surface area contributed by atoms with Gasteiger partial charge in [0.05, 0.1) is 16.6 Å². The van der Waals surface area contributed by atoms with E-state index in [0.29, 0.717) is 0 Å². The summed E-state index contributed by atoms with van der Waals surface area (Å²) in [5, 5.41) is 1.25. The molecule has 0 unspecified atom stereocenters. The molecule has 3 aromatic rings. The molecule has 2 aromatic heterocycles. The summed E-state index contributed by atoms with van der Waals surface area (Å²) in [5.41, 5.74) is 5.91. The van der Waals surface area contributed by atoms with Gasteiger partial charge >= 0.3 is 0 Å². The van der Waals surface area contributed by atoms with Crippen LogP contribution in [0.5, 0.6) is 0 Å². The molecule has 0 aliphatic heterocycles. The molecule has 0 spiro atoms. The Bertz CT molecular complexity index is 895. The molecule has 0 saturated heterocycles. The topological polar surface area (TPSA) is 17.8 Å². The Balaban J connectivity index is 0.000000153. The fourth-order valence-electron chi connectivity index (χ4n) is 3.79. The van der Waals surface area contributed by atoms with Gasteiger partial charge in [0, 0.05) is 18.1 Å². The third-order valence-corrected chi connectivity index (χ3v) is 5.63. The molecule has 0 bridgehead atoms. The smallest absolute Gasteiger partial charge is 0.0962 e. The number of hydrogen-bond acceptors (Lipinski definition) is 1. The van der Waals surface area contributed by atoms with E-state index in [4.69, 9.17) is 0 Å². The highest BCUT2D eigenvalue weighted by Crippen LogP contribution is 2.27. The summed E-state index contributed by atoms with van der Waals surface area (Å²) in [4.78, 5) is 4.64. The minimum absolute atomic E-state index is 0.935. The molecular weight excluding hydrogens is 340 g/mol. The fourth-order valence-corrected chi connectivity index (χ4v) is 3.79. The first-order valence-electron chi connectivity index (χ1n) is 10.6. The molecule has 0 radical (unpaired) electrons. The molecular formula is C26H34N2. The first kappa shape index (κ1) is 20.4. The van der Waals surface area contributed by atoms with Crippen LogP contribution < -0.4 is 0 Å². The van der Waals surface area contributed by atoms with Crippen LogP contribution in [0.15, 0.2) is 54.6 Å². The third kappa shape index (κ3) is 4.92. The molecule has 28 heavy (non-hydrogen) atoms. The number of aromatic nitrogens is 2. The van der Waals surface area contributed by atoms with Crippen molar-refractivity contribution < 1.29 is 0 Å². The van der Waals surface area contributed by atoms with Gasteiger partial charge in [-0.25, -0.2) is 0 Å². The lowest BCUT2D eigenvalue weighted by atomic mass is 10.1. The van der Waals surface area contributed by atoms with Crippen molar-refractivity contribution in [2.75, 3.05) is 0 Å². The van der Waals surface area contributed by atoms with Gasteiger partial charge in [-0.1, -0.05) is 49.8 Å². The lowest BCUT2D eigenvalue weighted by Gasteiger charge is -1.97. The van der Waals surface area contributed by atoms with Crippen molar-refractivity contribution in [1.82, 2.24) is 9.55 Å². The van der Waals surface area contributed by atoms with Gasteiger partial charge in [0.2, 0.25) is 0 Å². The molecule has 0 N–H and O–H groups in total. The molecule has 2 aliphatic rings. The van der Waals surface area contributed by atoms with E-state index in [1.54, 1.807) is 0 Å². The van der Waals surface area contributed by atoms with Crippen LogP contribution in [-0.4, -0.2) is 9.55 Å². The van der Waals surface area contributed by atoms with Crippen LogP contribution in [0, 0.1) is 25.7 Å². The van der Waals surface area contributed by atoms with E-state index >= 15 is 0 Å². The maximum absolute atomic E-state index is 4.64. The zero-order chi connectivity index (χ0) is 20.1. The number of benzene rings is 1. The van der Waals surface area contributed by atoms with Crippen LogP contribution in [0.3, 0.4) is 0 Å². The summed E-state index contributed by atoms with van der Waals surface area (Å²) in [7, 11) is 2.09. The Morgan fingerprint density at radius 2 is 1.32 bits per heavy atom. The van der Waals surface area contributed by atoms with Crippen molar-refractivity contribution in [3.63, 3.8) is 0 Å². The lowest BCUT2D eigenvalue weighted by Crippen LogP contribution is -1.87. The summed E-state index contributed by atoms with van der Waals surface area (Å²) >= 11 is 0. The SMILES string of the molecule is CC1CC=CC1.CC1CC=CC1.Cc1ccc2c(c1)c1nc(C)ccc1n2C. The van der Waals surface area contributed by atoms with Crippen molar-refractivity contribution in [3.05, 3.63) is 65.9 Å². The van der Waals surface area contributed by atoms with Crippen LogP contribution >= 0.6 is 0 Å². The van der Waals surface area contributed by atoms with Gasteiger partial charge in [0.15, 0.2) is 0 Å². The highest BCUT2D eigenvalue weighted by Gasteiger charge is 2.09. The van der Waals surface area contributed by atoms with E-state index < -0.39 is 0 Å². The van der Waals surface area contributed by atoms with Gasteiger partial charge < -0.3 is 4.57 Å². The molecule has 0 atom stereocenters. The van der Waals surface area contributed by atoms with E-state index in [1.807, 2.05) is 6.92 Å². The monoisotopic (exact) mass is 374 g/mol. The van der Waals surface area contributed by atoms with Crippen LogP contribution in [-0.2, 0) is 7.05 Å². The zero-order valence-corrected chi connectivity index (χ0v) is 18.1. The molecule has 2 nitrogen and oxygen atoms in total. The number of rotatable bonds is 0. The van der Waals surface area contributed by atoms with Gasteiger partial charge in [0.1, 0.15) is 0 Å². The summed E-state index contributed by atoms with van der Waals surface area (Å²) in [5.74, 6) is 1.87. The summed E-state index contributed by atoms with van der Waals surface area (Å²) in [6, 6.07) is 10.7. The molecule has 1 aromatic carbocycles.